The summed E-state index contributed by atoms with van der Waals surface area (Å²) in [5, 5.41) is 8.91. The molecule has 0 unspecified atom stereocenters. The van der Waals surface area contributed by atoms with E-state index in [-0.39, 0.29) is 23.8 Å². The number of nitrogens with two attached hydrogens (primary N) is 1. The van der Waals surface area contributed by atoms with Gasteiger partial charge in [-0.2, -0.15) is 0 Å². The van der Waals surface area contributed by atoms with Gasteiger partial charge < -0.3 is 21.7 Å². The molecule has 0 bridgehead atoms. The summed E-state index contributed by atoms with van der Waals surface area (Å²) in [6.07, 6.45) is 2.59. The molecule has 5 N–H and O–H groups in total. The van der Waals surface area contributed by atoms with Crippen molar-refractivity contribution in [3.8, 4) is 0 Å². The van der Waals surface area contributed by atoms with Gasteiger partial charge in [0.25, 0.3) is 0 Å². The Morgan fingerprint density at radius 3 is 2.84 bits per heavy atom. The van der Waals surface area contributed by atoms with Crippen molar-refractivity contribution in [1.82, 2.24) is 20.9 Å². The molecule has 1 saturated heterocycles. The number of nitrogens with one attached hydrogen (secondary N) is 3. The zero-order chi connectivity index (χ0) is 22.8. The van der Waals surface area contributed by atoms with Gasteiger partial charge in [-0.3, -0.25) is 9.59 Å². The van der Waals surface area contributed by atoms with Gasteiger partial charge in [0.1, 0.15) is 11.9 Å². The number of hydrogen-bond donors (Lipinski definition) is 4. The number of benzene rings is 1. The monoisotopic (exact) mass is 443 g/mol. The highest BCUT2D eigenvalue weighted by atomic mass is 19.2. The van der Waals surface area contributed by atoms with Crippen molar-refractivity contribution < 1.29 is 18.4 Å². The summed E-state index contributed by atoms with van der Waals surface area (Å²) in [4.78, 5) is 29.6. The van der Waals surface area contributed by atoms with Crippen LogP contribution in [0, 0.1) is 17.6 Å². The summed E-state index contributed by atoms with van der Waals surface area (Å²) in [6, 6.07) is 6.20. The maximum Gasteiger partial charge on any atom is 0.242 e. The predicted octanol–water partition coefficient (Wildman–Crippen LogP) is 1.77. The molecular formula is C23H27F2N5O2. The van der Waals surface area contributed by atoms with Crippen molar-refractivity contribution in [1.29, 1.82) is 0 Å². The summed E-state index contributed by atoms with van der Waals surface area (Å²) in [7, 11) is 0. The summed E-state index contributed by atoms with van der Waals surface area (Å²) in [5.74, 6) is -1.67. The largest absolute Gasteiger partial charge is 0.384 e. The molecular weight excluding hydrogens is 416 g/mol. The molecule has 0 radical (unpaired) electrons. The standard InChI is InChI=1S/C23H27F2N5O2/c1-12(22(31)30-19-6-5-18-15(19)3-7-21(26)29-18)28-23(32)20-10-14(11-27-20)8-13-2-4-16(24)17(25)9-13/h2-4,7,9,12,14,19-20,27H,5-6,8,10-11H2,1H3,(H2,26,29)(H,28,32)(H,30,31)/t12-,14-,19+,20+/m0/s1. The molecule has 1 aromatic carbocycles. The number of carbonyl (C=O) groups excluding carboxylic acids is 2. The maximum absolute atomic E-state index is 13.4. The highest BCUT2D eigenvalue weighted by molar-refractivity contribution is 5.89. The van der Waals surface area contributed by atoms with Crippen molar-refractivity contribution >= 4 is 17.6 Å². The van der Waals surface area contributed by atoms with Crippen LogP contribution in [0.1, 0.15) is 42.6 Å². The van der Waals surface area contributed by atoms with Crippen LogP contribution in [-0.2, 0) is 22.4 Å². The first-order valence-electron chi connectivity index (χ1n) is 10.8. The van der Waals surface area contributed by atoms with Gasteiger partial charge in [-0.05, 0) is 74.4 Å². The van der Waals surface area contributed by atoms with E-state index in [1.807, 2.05) is 6.07 Å². The van der Waals surface area contributed by atoms with Crippen molar-refractivity contribution in [3.63, 3.8) is 0 Å². The van der Waals surface area contributed by atoms with E-state index in [0.29, 0.717) is 30.8 Å². The molecule has 1 aromatic heterocycles. The summed E-state index contributed by atoms with van der Waals surface area (Å²) < 4.78 is 26.5. The number of nitrogens with zero attached hydrogens (tertiary/aromatic N) is 1. The molecule has 4 rings (SSSR count). The lowest BCUT2D eigenvalue weighted by atomic mass is 9.96. The van der Waals surface area contributed by atoms with Crippen LogP contribution in [0.3, 0.4) is 0 Å². The third-order valence-electron chi connectivity index (χ3n) is 6.19. The van der Waals surface area contributed by atoms with Crippen LogP contribution < -0.4 is 21.7 Å². The first kappa shape index (κ1) is 22.1. The second-order valence-corrected chi connectivity index (χ2v) is 8.62. The first-order chi connectivity index (χ1) is 15.3. The SMILES string of the molecule is C[C@H](NC(=O)[C@H]1C[C@H](Cc2ccc(F)c(F)c2)CN1)C(=O)N[C@@H]1CCc2nc(N)ccc21. The van der Waals surface area contributed by atoms with Crippen LogP contribution in [0.4, 0.5) is 14.6 Å². The van der Waals surface area contributed by atoms with Crippen LogP contribution >= 0.6 is 0 Å². The average molecular weight is 443 g/mol. The number of nitrogen functional groups attached to an aromatic ring is 1. The lowest BCUT2D eigenvalue weighted by Crippen LogP contribution is -2.50. The normalized spacial score (nSPS) is 22.9. The fourth-order valence-corrected chi connectivity index (χ4v) is 4.47. The smallest absolute Gasteiger partial charge is 0.242 e. The number of aryl methyl sites for hydroxylation is 1. The molecule has 32 heavy (non-hydrogen) atoms. The Morgan fingerprint density at radius 1 is 1.25 bits per heavy atom. The Morgan fingerprint density at radius 2 is 2.06 bits per heavy atom. The number of halogens is 2. The Hall–Kier alpha value is -3.07. The van der Waals surface area contributed by atoms with Gasteiger partial charge in [0.15, 0.2) is 11.6 Å². The van der Waals surface area contributed by atoms with Crippen LogP contribution in [0.5, 0.6) is 0 Å². The van der Waals surface area contributed by atoms with E-state index in [1.165, 1.54) is 6.07 Å². The van der Waals surface area contributed by atoms with E-state index in [9.17, 15) is 18.4 Å². The van der Waals surface area contributed by atoms with E-state index >= 15 is 0 Å². The minimum atomic E-state index is -0.871. The highest BCUT2D eigenvalue weighted by Crippen LogP contribution is 2.30. The Kier molecular flexibility index (Phi) is 6.36. The topological polar surface area (TPSA) is 109 Å². The lowest BCUT2D eigenvalue weighted by molar-refractivity contribution is -0.129. The van der Waals surface area contributed by atoms with Gasteiger partial charge >= 0.3 is 0 Å². The van der Waals surface area contributed by atoms with Crippen LogP contribution in [-0.4, -0.2) is 35.4 Å². The summed E-state index contributed by atoms with van der Waals surface area (Å²) in [5.41, 5.74) is 8.27. The number of pyridine rings is 1. The number of hydrogen-bond acceptors (Lipinski definition) is 5. The minimum Gasteiger partial charge on any atom is -0.384 e. The lowest BCUT2D eigenvalue weighted by Gasteiger charge is -2.20. The Labute approximate surface area is 185 Å². The van der Waals surface area contributed by atoms with Gasteiger partial charge in [0.05, 0.1) is 12.1 Å². The third kappa shape index (κ3) is 4.88. The molecule has 2 aliphatic rings. The van der Waals surface area contributed by atoms with Crippen LogP contribution in [0.2, 0.25) is 0 Å². The minimum absolute atomic E-state index is 0.120. The number of fused-ring (bicyclic) bond motifs is 1. The van der Waals surface area contributed by atoms with E-state index in [0.717, 1.165) is 30.2 Å². The van der Waals surface area contributed by atoms with Crippen molar-refractivity contribution in [2.24, 2.45) is 5.92 Å². The van der Waals surface area contributed by atoms with E-state index in [1.54, 1.807) is 19.1 Å². The zero-order valence-electron chi connectivity index (χ0n) is 17.8. The van der Waals surface area contributed by atoms with Crippen molar-refractivity contribution in [3.05, 3.63) is 58.8 Å². The van der Waals surface area contributed by atoms with Gasteiger partial charge in [-0.15, -0.1) is 0 Å². The number of rotatable bonds is 6. The van der Waals surface area contributed by atoms with Gasteiger partial charge in [0, 0.05) is 5.69 Å². The van der Waals surface area contributed by atoms with Gasteiger partial charge in [-0.1, -0.05) is 12.1 Å². The summed E-state index contributed by atoms with van der Waals surface area (Å²) in [6.45, 7) is 2.24. The predicted molar refractivity (Wildman–Crippen MR) is 115 cm³/mol. The fourth-order valence-electron chi connectivity index (χ4n) is 4.47. The third-order valence-corrected chi connectivity index (χ3v) is 6.19. The molecule has 2 heterocycles. The summed E-state index contributed by atoms with van der Waals surface area (Å²) >= 11 is 0. The Bertz CT molecular complexity index is 1030. The number of carbonyl (C=O) groups is 2. The maximum atomic E-state index is 13.4. The molecule has 2 aromatic rings. The number of anilines is 1. The van der Waals surface area contributed by atoms with Gasteiger partial charge in [0.2, 0.25) is 11.8 Å². The molecule has 0 spiro atoms. The number of aromatic nitrogens is 1. The molecule has 9 heteroatoms. The molecule has 1 fully saturated rings. The van der Waals surface area contributed by atoms with Crippen LogP contribution in [0.15, 0.2) is 30.3 Å². The molecule has 7 nitrogen and oxygen atoms in total. The fraction of sp³-hybridized carbons (Fsp3) is 0.435. The first-order valence-corrected chi connectivity index (χ1v) is 10.8. The highest BCUT2D eigenvalue weighted by Gasteiger charge is 2.32. The quantitative estimate of drug-likeness (QED) is 0.544. The average Bonchev–Trinajstić information content (AvgIpc) is 3.37. The molecule has 4 atom stereocenters. The zero-order valence-corrected chi connectivity index (χ0v) is 17.8. The molecule has 1 aliphatic heterocycles. The molecule has 0 saturated carbocycles. The van der Waals surface area contributed by atoms with Crippen LogP contribution in [0.25, 0.3) is 0 Å². The van der Waals surface area contributed by atoms with E-state index in [2.05, 4.69) is 20.9 Å². The Balaban J connectivity index is 1.26. The number of amides is 2. The molecule has 170 valence electrons. The van der Waals surface area contributed by atoms with E-state index < -0.39 is 23.7 Å². The van der Waals surface area contributed by atoms with Crippen molar-refractivity contribution in [2.45, 2.75) is 50.7 Å². The molecule has 1 aliphatic carbocycles. The second kappa shape index (κ2) is 9.20. The van der Waals surface area contributed by atoms with Crippen molar-refractivity contribution in [2.75, 3.05) is 12.3 Å². The van der Waals surface area contributed by atoms with E-state index in [4.69, 9.17) is 5.73 Å². The molecule has 2 amide bonds. The van der Waals surface area contributed by atoms with Gasteiger partial charge in [-0.25, -0.2) is 13.8 Å². The second-order valence-electron chi connectivity index (χ2n) is 8.62.